The summed E-state index contributed by atoms with van der Waals surface area (Å²) in [6, 6.07) is 15.0. The summed E-state index contributed by atoms with van der Waals surface area (Å²) in [4.78, 5) is 3.55. The average Bonchev–Trinajstić information content (AvgIpc) is 2.69. The van der Waals surface area contributed by atoms with Gasteiger partial charge < -0.3 is 19.9 Å². The molecule has 0 atom stereocenters. The van der Waals surface area contributed by atoms with Crippen LogP contribution in [0.15, 0.2) is 48.5 Å². The number of hydrogen-bond acceptors (Lipinski definition) is 2. The van der Waals surface area contributed by atoms with E-state index in [-0.39, 0.29) is 5.82 Å². The van der Waals surface area contributed by atoms with Gasteiger partial charge in [0.15, 0.2) is 5.11 Å². The summed E-state index contributed by atoms with van der Waals surface area (Å²) in [7, 11) is 0. The van der Waals surface area contributed by atoms with Gasteiger partial charge in [0, 0.05) is 17.8 Å². The zero-order valence-corrected chi connectivity index (χ0v) is 16.5. The second-order valence-corrected chi connectivity index (χ2v) is 7.31. The van der Waals surface area contributed by atoms with Gasteiger partial charge in [-0.05, 0) is 37.3 Å². The highest BCUT2D eigenvalue weighted by Crippen LogP contribution is 2.13. The lowest BCUT2D eigenvalue weighted by atomic mass is 10.2. The molecule has 0 saturated carbocycles. The van der Waals surface area contributed by atoms with Gasteiger partial charge in [-0.3, -0.25) is 0 Å². The molecular formula is C21H27FN3OS+. The van der Waals surface area contributed by atoms with Crippen LogP contribution in [-0.2, 0) is 11.3 Å². The summed E-state index contributed by atoms with van der Waals surface area (Å²) >= 11 is 5.66. The summed E-state index contributed by atoms with van der Waals surface area (Å²) in [5.41, 5.74) is 2.80. The third-order valence-electron chi connectivity index (χ3n) is 4.84. The van der Waals surface area contributed by atoms with E-state index >= 15 is 0 Å². The molecule has 144 valence electrons. The van der Waals surface area contributed by atoms with Crippen LogP contribution in [0.5, 0.6) is 0 Å². The Labute approximate surface area is 165 Å². The van der Waals surface area contributed by atoms with Crippen molar-refractivity contribution in [2.45, 2.75) is 13.5 Å². The standard InChI is InChI=1S/C21H26FN3OS/c1-17-6-8-19(9-7-17)23-21(27)25(11-10-24-12-14-26-15-13-24)16-18-4-2-3-5-20(18)22/h2-9H,10-16H2,1H3,(H,23,27)/p+1. The minimum absolute atomic E-state index is 0.195. The summed E-state index contributed by atoms with van der Waals surface area (Å²) in [5, 5.41) is 3.92. The number of quaternary nitrogens is 1. The number of thiocarbonyl (C=S) groups is 1. The molecule has 0 aliphatic carbocycles. The number of rotatable bonds is 6. The van der Waals surface area contributed by atoms with E-state index in [9.17, 15) is 4.39 Å². The predicted octanol–water partition coefficient (Wildman–Crippen LogP) is 2.25. The number of nitrogens with one attached hydrogen (secondary N) is 2. The van der Waals surface area contributed by atoms with E-state index in [1.165, 1.54) is 16.5 Å². The topological polar surface area (TPSA) is 28.9 Å². The van der Waals surface area contributed by atoms with E-state index in [2.05, 4.69) is 17.1 Å². The molecule has 2 aromatic carbocycles. The summed E-state index contributed by atoms with van der Waals surface area (Å²) in [6.45, 7) is 7.83. The zero-order valence-electron chi connectivity index (χ0n) is 15.7. The van der Waals surface area contributed by atoms with Crippen LogP contribution in [0.2, 0.25) is 0 Å². The Balaban J connectivity index is 1.68. The van der Waals surface area contributed by atoms with Gasteiger partial charge in [-0.1, -0.05) is 35.9 Å². The molecule has 1 fully saturated rings. The maximum atomic E-state index is 14.2. The van der Waals surface area contributed by atoms with E-state index in [1.807, 2.05) is 36.4 Å². The fourth-order valence-electron chi connectivity index (χ4n) is 3.13. The number of aryl methyl sites for hydroxylation is 1. The number of ether oxygens (including phenoxy) is 1. The number of halogens is 1. The van der Waals surface area contributed by atoms with Crippen LogP contribution < -0.4 is 10.2 Å². The van der Waals surface area contributed by atoms with Crippen molar-refractivity contribution in [3.63, 3.8) is 0 Å². The minimum atomic E-state index is -0.195. The first-order valence-corrected chi connectivity index (χ1v) is 9.80. The van der Waals surface area contributed by atoms with E-state index in [0.29, 0.717) is 17.2 Å². The number of anilines is 1. The van der Waals surface area contributed by atoms with E-state index in [0.717, 1.165) is 45.1 Å². The minimum Gasteiger partial charge on any atom is -0.370 e. The molecule has 2 N–H and O–H groups in total. The number of morpholine rings is 1. The maximum absolute atomic E-state index is 14.2. The largest absolute Gasteiger partial charge is 0.370 e. The van der Waals surface area contributed by atoms with Gasteiger partial charge in [0.25, 0.3) is 0 Å². The highest BCUT2D eigenvalue weighted by Gasteiger charge is 2.18. The predicted molar refractivity (Wildman–Crippen MR) is 111 cm³/mol. The zero-order chi connectivity index (χ0) is 19.1. The Kier molecular flexibility index (Phi) is 7.15. The second kappa shape index (κ2) is 9.78. The Morgan fingerprint density at radius 2 is 1.85 bits per heavy atom. The van der Waals surface area contributed by atoms with Gasteiger partial charge in [0.05, 0.1) is 26.3 Å². The van der Waals surface area contributed by atoms with Crippen LogP contribution in [0.4, 0.5) is 10.1 Å². The van der Waals surface area contributed by atoms with Crippen LogP contribution in [0.1, 0.15) is 11.1 Å². The molecule has 0 unspecified atom stereocenters. The van der Waals surface area contributed by atoms with Crippen molar-refractivity contribution < 1.29 is 14.0 Å². The molecule has 27 heavy (non-hydrogen) atoms. The molecule has 0 radical (unpaired) electrons. The van der Waals surface area contributed by atoms with Crippen molar-refractivity contribution in [2.24, 2.45) is 0 Å². The fourth-order valence-corrected chi connectivity index (χ4v) is 3.40. The first kappa shape index (κ1) is 19.7. The summed E-state index contributed by atoms with van der Waals surface area (Å²) in [5.74, 6) is -0.195. The quantitative estimate of drug-likeness (QED) is 0.743. The van der Waals surface area contributed by atoms with Crippen LogP contribution in [0, 0.1) is 12.7 Å². The Morgan fingerprint density at radius 1 is 1.15 bits per heavy atom. The van der Waals surface area contributed by atoms with Crippen molar-refractivity contribution in [1.29, 1.82) is 0 Å². The Bertz CT molecular complexity index is 747. The second-order valence-electron chi connectivity index (χ2n) is 6.92. The lowest BCUT2D eigenvalue weighted by Gasteiger charge is -2.29. The molecule has 0 bridgehead atoms. The number of hydrogen-bond donors (Lipinski definition) is 2. The molecule has 2 aromatic rings. The monoisotopic (exact) mass is 388 g/mol. The normalized spacial score (nSPS) is 14.7. The third-order valence-corrected chi connectivity index (χ3v) is 5.20. The smallest absolute Gasteiger partial charge is 0.173 e. The number of nitrogens with zero attached hydrogens (tertiary/aromatic N) is 1. The molecule has 6 heteroatoms. The van der Waals surface area contributed by atoms with Gasteiger partial charge in [-0.25, -0.2) is 4.39 Å². The van der Waals surface area contributed by atoms with Crippen molar-refractivity contribution in [3.8, 4) is 0 Å². The van der Waals surface area contributed by atoms with Crippen molar-refractivity contribution in [3.05, 3.63) is 65.5 Å². The highest BCUT2D eigenvalue weighted by atomic mass is 32.1. The maximum Gasteiger partial charge on any atom is 0.173 e. The molecule has 1 aliphatic rings. The molecule has 0 aromatic heterocycles. The molecule has 0 spiro atoms. The fraction of sp³-hybridized carbons (Fsp3) is 0.381. The summed E-state index contributed by atoms with van der Waals surface area (Å²) < 4.78 is 19.6. The van der Waals surface area contributed by atoms with Gasteiger partial charge in [0.1, 0.15) is 18.9 Å². The van der Waals surface area contributed by atoms with Gasteiger partial charge in [0.2, 0.25) is 0 Å². The van der Waals surface area contributed by atoms with Crippen LogP contribution in [0.3, 0.4) is 0 Å². The Hall–Kier alpha value is -2.02. The first-order valence-electron chi connectivity index (χ1n) is 9.39. The van der Waals surface area contributed by atoms with Crippen molar-refractivity contribution in [2.75, 3.05) is 44.7 Å². The Morgan fingerprint density at radius 3 is 2.56 bits per heavy atom. The van der Waals surface area contributed by atoms with Gasteiger partial charge in [-0.15, -0.1) is 0 Å². The van der Waals surface area contributed by atoms with Gasteiger partial charge >= 0.3 is 0 Å². The molecule has 4 nitrogen and oxygen atoms in total. The average molecular weight is 389 g/mol. The van der Waals surface area contributed by atoms with Gasteiger partial charge in [-0.2, -0.15) is 0 Å². The lowest BCUT2D eigenvalue weighted by Crippen LogP contribution is -3.14. The third kappa shape index (κ3) is 5.99. The van der Waals surface area contributed by atoms with E-state index in [4.69, 9.17) is 17.0 Å². The molecule has 1 saturated heterocycles. The van der Waals surface area contributed by atoms with Crippen molar-refractivity contribution >= 4 is 23.0 Å². The first-order chi connectivity index (χ1) is 13.1. The molecule has 0 amide bonds. The summed E-state index contributed by atoms with van der Waals surface area (Å²) in [6.07, 6.45) is 0. The SMILES string of the molecule is Cc1ccc(NC(=S)N(CC[NH+]2CCOCC2)Cc2ccccc2F)cc1. The van der Waals surface area contributed by atoms with Crippen LogP contribution in [-0.4, -0.2) is 49.4 Å². The van der Waals surface area contributed by atoms with E-state index < -0.39 is 0 Å². The molecular weight excluding hydrogens is 361 g/mol. The molecule has 1 aliphatic heterocycles. The number of benzene rings is 2. The van der Waals surface area contributed by atoms with Crippen LogP contribution >= 0.6 is 12.2 Å². The molecule has 3 rings (SSSR count). The molecule has 1 heterocycles. The van der Waals surface area contributed by atoms with Crippen molar-refractivity contribution in [1.82, 2.24) is 4.90 Å². The van der Waals surface area contributed by atoms with Crippen LogP contribution in [0.25, 0.3) is 0 Å². The lowest BCUT2D eigenvalue weighted by molar-refractivity contribution is -0.907. The van der Waals surface area contributed by atoms with E-state index in [1.54, 1.807) is 6.07 Å². The highest BCUT2D eigenvalue weighted by molar-refractivity contribution is 7.80.